The van der Waals surface area contributed by atoms with Gasteiger partial charge in [-0.05, 0) is 6.07 Å². The molecule has 0 aliphatic carbocycles. The number of hydrogen-bond donors (Lipinski definition) is 3. The fourth-order valence-electron chi connectivity index (χ4n) is 2.97. The first kappa shape index (κ1) is 13.2. The zero-order valence-electron chi connectivity index (χ0n) is 11.8. The van der Waals surface area contributed by atoms with Crippen LogP contribution in [0, 0.1) is 0 Å². The molecule has 4 heterocycles. The van der Waals surface area contributed by atoms with Gasteiger partial charge in [0, 0.05) is 31.5 Å². The van der Waals surface area contributed by atoms with Crippen LogP contribution in [0.3, 0.4) is 0 Å². The number of aliphatic hydroxyl groups excluding tert-OH is 1. The molecule has 1 aliphatic rings. The molecule has 2 atom stereocenters. The first-order chi connectivity index (χ1) is 10.7. The van der Waals surface area contributed by atoms with Gasteiger partial charge in [0.1, 0.15) is 11.8 Å². The molecular formula is C13H16N8O. The maximum atomic E-state index is 10.2. The van der Waals surface area contributed by atoms with Crippen LogP contribution in [0.1, 0.15) is 11.7 Å². The Bertz CT molecular complexity index is 783. The smallest absolute Gasteiger partial charge is 0.151 e. The van der Waals surface area contributed by atoms with Gasteiger partial charge in [0.05, 0.1) is 23.9 Å². The van der Waals surface area contributed by atoms with Crippen molar-refractivity contribution < 1.29 is 5.11 Å². The van der Waals surface area contributed by atoms with Crippen LogP contribution in [0.4, 0.5) is 5.82 Å². The zero-order chi connectivity index (χ0) is 15.1. The predicted octanol–water partition coefficient (Wildman–Crippen LogP) is -0.451. The zero-order valence-corrected chi connectivity index (χ0v) is 11.8. The number of nitrogens with one attached hydrogen (secondary N) is 1. The summed E-state index contributed by atoms with van der Waals surface area (Å²) in [5.41, 5.74) is 8.38. The minimum Gasteiger partial charge on any atom is -0.390 e. The highest BCUT2D eigenvalue weighted by Gasteiger charge is 2.33. The summed E-state index contributed by atoms with van der Waals surface area (Å²) in [7, 11) is 0. The van der Waals surface area contributed by atoms with Crippen molar-refractivity contribution in [3.05, 3.63) is 30.5 Å². The highest BCUT2D eigenvalue weighted by Crippen LogP contribution is 2.24. The van der Waals surface area contributed by atoms with Crippen LogP contribution >= 0.6 is 0 Å². The summed E-state index contributed by atoms with van der Waals surface area (Å²) < 4.78 is 1.71. The molecule has 0 amide bonds. The number of nitrogen functional groups attached to an aromatic ring is 1. The quantitative estimate of drug-likeness (QED) is 0.598. The van der Waals surface area contributed by atoms with E-state index < -0.39 is 6.10 Å². The van der Waals surface area contributed by atoms with E-state index in [0.29, 0.717) is 25.5 Å². The van der Waals surface area contributed by atoms with E-state index in [1.54, 1.807) is 17.1 Å². The van der Waals surface area contributed by atoms with E-state index in [4.69, 9.17) is 5.73 Å². The third-order valence-corrected chi connectivity index (χ3v) is 4.01. The number of hydrogen-bond acceptors (Lipinski definition) is 7. The van der Waals surface area contributed by atoms with E-state index in [1.807, 2.05) is 6.07 Å². The number of nitrogens with two attached hydrogens (primary N) is 1. The number of H-pyrrole nitrogens is 1. The Morgan fingerprint density at radius 2 is 2.27 bits per heavy atom. The standard InChI is InChI=1S/C13H16N8O/c14-13-12-9(15-7-16-13)3-8(18-12)4-20-5-10(11(22)6-20)21-2-1-17-19-21/h1-3,7,10-11,18,22H,4-6H2,(H2,14,15,16)/t10?,11-/m0/s1. The average molecular weight is 300 g/mol. The highest BCUT2D eigenvalue weighted by atomic mass is 16.3. The lowest BCUT2D eigenvalue weighted by atomic mass is 10.2. The molecule has 1 unspecified atom stereocenters. The lowest BCUT2D eigenvalue weighted by Gasteiger charge is -2.14. The average Bonchev–Trinajstić information content (AvgIpc) is 3.19. The van der Waals surface area contributed by atoms with Crippen molar-refractivity contribution in [2.45, 2.75) is 18.7 Å². The molecule has 1 saturated heterocycles. The van der Waals surface area contributed by atoms with E-state index in [2.05, 4.69) is 30.2 Å². The number of nitrogens with zero attached hydrogens (tertiary/aromatic N) is 6. The fraction of sp³-hybridized carbons (Fsp3) is 0.385. The Labute approximate surface area is 125 Å². The van der Waals surface area contributed by atoms with E-state index in [-0.39, 0.29) is 6.04 Å². The second kappa shape index (κ2) is 5.04. The lowest BCUT2D eigenvalue weighted by molar-refractivity contribution is 0.138. The Morgan fingerprint density at radius 3 is 3.05 bits per heavy atom. The van der Waals surface area contributed by atoms with E-state index in [9.17, 15) is 5.11 Å². The Morgan fingerprint density at radius 1 is 1.36 bits per heavy atom. The van der Waals surface area contributed by atoms with Gasteiger partial charge in [0.15, 0.2) is 5.82 Å². The van der Waals surface area contributed by atoms with Crippen molar-refractivity contribution in [3.63, 3.8) is 0 Å². The monoisotopic (exact) mass is 300 g/mol. The summed E-state index contributed by atoms with van der Waals surface area (Å²) >= 11 is 0. The fourth-order valence-corrected chi connectivity index (χ4v) is 2.97. The second-order valence-electron chi connectivity index (χ2n) is 5.53. The van der Waals surface area contributed by atoms with Crippen molar-refractivity contribution >= 4 is 16.9 Å². The number of aliphatic hydroxyl groups is 1. The van der Waals surface area contributed by atoms with Crippen molar-refractivity contribution in [2.75, 3.05) is 18.8 Å². The van der Waals surface area contributed by atoms with Gasteiger partial charge in [-0.15, -0.1) is 5.10 Å². The number of rotatable bonds is 3. The number of aromatic amines is 1. The molecule has 4 N–H and O–H groups in total. The third kappa shape index (κ3) is 2.20. The van der Waals surface area contributed by atoms with Crippen LogP contribution in [0.5, 0.6) is 0 Å². The van der Waals surface area contributed by atoms with Crippen LogP contribution in [0.25, 0.3) is 11.0 Å². The van der Waals surface area contributed by atoms with E-state index >= 15 is 0 Å². The topological polar surface area (TPSA) is 122 Å². The molecule has 9 nitrogen and oxygen atoms in total. The molecule has 1 aliphatic heterocycles. The van der Waals surface area contributed by atoms with Crippen LogP contribution in [-0.2, 0) is 6.54 Å². The Balaban J connectivity index is 1.52. The molecule has 4 rings (SSSR count). The molecule has 0 saturated carbocycles. The molecule has 3 aromatic heterocycles. The van der Waals surface area contributed by atoms with Crippen molar-refractivity contribution in [1.29, 1.82) is 0 Å². The van der Waals surface area contributed by atoms with Gasteiger partial charge in [0.2, 0.25) is 0 Å². The minimum absolute atomic E-state index is 0.0725. The number of anilines is 1. The molecule has 0 bridgehead atoms. The molecule has 22 heavy (non-hydrogen) atoms. The van der Waals surface area contributed by atoms with Gasteiger partial charge in [-0.25, -0.2) is 14.6 Å². The number of β-amino-alcohol motifs (C(OH)–C–C–N with tert-alkyl or cyclic N) is 1. The Hall–Kier alpha value is -2.52. The first-order valence-electron chi connectivity index (χ1n) is 7.05. The minimum atomic E-state index is -0.462. The highest BCUT2D eigenvalue weighted by molar-refractivity contribution is 5.84. The van der Waals surface area contributed by atoms with Gasteiger partial charge < -0.3 is 15.8 Å². The SMILES string of the molecule is Nc1ncnc2cc(CN3CC(n4ccnn4)[C@@H](O)C3)[nH]c12. The first-order valence-corrected chi connectivity index (χ1v) is 7.05. The van der Waals surface area contributed by atoms with Gasteiger partial charge in [-0.2, -0.15) is 0 Å². The maximum Gasteiger partial charge on any atom is 0.151 e. The largest absolute Gasteiger partial charge is 0.390 e. The van der Waals surface area contributed by atoms with Crippen LogP contribution in [0.15, 0.2) is 24.8 Å². The van der Waals surface area contributed by atoms with Gasteiger partial charge >= 0.3 is 0 Å². The lowest BCUT2D eigenvalue weighted by Crippen LogP contribution is -2.22. The molecule has 114 valence electrons. The molecule has 3 aromatic rings. The summed E-state index contributed by atoms with van der Waals surface area (Å²) in [6, 6.07) is 1.89. The van der Waals surface area contributed by atoms with Gasteiger partial charge in [-0.1, -0.05) is 5.21 Å². The summed E-state index contributed by atoms with van der Waals surface area (Å²) in [4.78, 5) is 13.6. The Kier molecular flexibility index (Phi) is 3.01. The number of likely N-dealkylation sites (tertiary alicyclic amines) is 1. The third-order valence-electron chi connectivity index (χ3n) is 4.01. The van der Waals surface area contributed by atoms with Crippen molar-refractivity contribution in [2.24, 2.45) is 0 Å². The van der Waals surface area contributed by atoms with Crippen molar-refractivity contribution in [3.8, 4) is 0 Å². The maximum absolute atomic E-state index is 10.2. The number of fused-ring (bicyclic) bond motifs is 1. The summed E-state index contributed by atoms with van der Waals surface area (Å²) in [6.07, 6.45) is 4.39. The van der Waals surface area contributed by atoms with Crippen LogP contribution < -0.4 is 5.73 Å². The van der Waals surface area contributed by atoms with Crippen molar-refractivity contribution in [1.82, 2.24) is 34.8 Å². The summed E-state index contributed by atoms with van der Waals surface area (Å²) in [5.74, 6) is 0.443. The molecule has 1 fully saturated rings. The molecular weight excluding hydrogens is 284 g/mol. The summed E-state index contributed by atoms with van der Waals surface area (Å²) in [5, 5.41) is 18.0. The predicted molar refractivity (Wildman–Crippen MR) is 78.6 cm³/mol. The van der Waals surface area contributed by atoms with Crippen LogP contribution in [0.2, 0.25) is 0 Å². The normalized spacial score (nSPS) is 22.6. The molecule has 0 spiro atoms. The molecule has 9 heteroatoms. The van der Waals surface area contributed by atoms with E-state index in [0.717, 1.165) is 16.7 Å². The summed E-state index contributed by atoms with van der Waals surface area (Å²) in [6.45, 7) is 1.97. The molecule has 0 radical (unpaired) electrons. The van der Waals surface area contributed by atoms with E-state index in [1.165, 1.54) is 6.33 Å². The van der Waals surface area contributed by atoms with Crippen LogP contribution in [-0.4, -0.2) is 59.1 Å². The number of aromatic nitrogens is 6. The molecule has 0 aromatic carbocycles. The van der Waals surface area contributed by atoms with Gasteiger partial charge in [-0.3, -0.25) is 4.90 Å². The second-order valence-corrected chi connectivity index (χ2v) is 5.53. The van der Waals surface area contributed by atoms with Gasteiger partial charge in [0.25, 0.3) is 0 Å².